The van der Waals surface area contributed by atoms with E-state index in [2.05, 4.69) is 11.8 Å². The van der Waals surface area contributed by atoms with Gasteiger partial charge in [-0.05, 0) is 49.6 Å². The minimum absolute atomic E-state index is 0.174. The third-order valence-corrected chi connectivity index (χ3v) is 7.44. The van der Waals surface area contributed by atoms with Gasteiger partial charge in [0.25, 0.3) is 0 Å². The monoisotopic (exact) mass is 479 g/mol. The Bertz CT molecular complexity index is 1260. The summed E-state index contributed by atoms with van der Waals surface area (Å²) >= 11 is 0.802. The van der Waals surface area contributed by atoms with E-state index in [-0.39, 0.29) is 16.2 Å². The van der Waals surface area contributed by atoms with Crippen LogP contribution < -0.4 is 10.5 Å². The smallest absolute Gasteiger partial charge is 0.345 e. The molecule has 8 nitrogen and oxygen atoms in total. The lowest BCUT2D eigenvalue weighted by Crippen LogP contribution is -2.25. The molecule has 1 aromatic carbocycles. The van der Waals surface area contributed by atoms with E-state index in [9.17, 15) is 22.6 Å². The highest BCUT2D eigenvalue weighted by Crippen LogP contribution is 2.31. The van der Waals surface area contributed by atoms with Gasteiger partial charge in [0.15, 0.2) is 0 Å². The van der Waals surface area contributed by atoms with Crippen LogP contribution in [0.5, 0.6) is 0 Å². The van der Waals surface area contributed by atoms with Crippen LogP contribution in [-0.2, 0) is 14.9 Å². The second-order valence-corrected chi connectivity index (χ2v) is 10.2. The van der Waals surface area contributed by atoms with Crippen LogP contribution in [0.4, 0.5) is 5.69 Å². The Morgan fingerprint density at radius 3 is 2.53 bits per heavy atom. The van der Waals surface area contributed by atoms with E-state index in [1.54, 1.807) is 6.07 Å². The summed E-state index contributed by atoms with van der Waals surface area (Å²) in [6.45, 7) is 3.67. The third kappa shape index (κ3) is 5.96. The second kappa shape index (κ2) is 10.3. The molecule has 10 heteroatoms. The summed E-state index contributed by atoms with van der Waals surface area (Å²) in [4.78, 5) is 25.8. The lowest BCUT2D eigenvalue weighted by Gasteiger charge is -2.24. The van der Waals surface area contributed by atoms with E-state index in [4.69, 9.17) is 9.52 Å². The van der Waals surface area contributed by atoms with Crippen LogP contribution in [0.25, 0.3) is 21.4 Å². The van der Waals surface area contributed by atoms with E-state index in [1.165, 1.54) is 12.1 Å². The predicted molar refractivity (Wildman–Crippen MR) is 124 cm³/mol. The number of thiophene rings is 1. The number of nitrogens with zero attached hydrogens (tertiary/aromatic N) is 1. The van der Waals surface area contributed by atoms with Crippen molar-refractivity contribution < 1.29 is 27.3 Å². The number of hydrogen-bond donors (Lipinski definition) is 2. The van der Waals surface area contributed by atoms with Crippen molar-refractivity contribution in [1.82, 2.24) is 0 Å². The first-order chi connectivity index (χ1) is 15.2. The summed E-state index contributed by atoms with van der Waals surface area (Å²) in [5.74, 6) is -0.781. The molecule has 0 spiro atoms. The first-order valence-corrected chi connectivity index (χ1v) is 12.6. The summed E-state index contributed by atoms with van der Waals surface area (Å²) in [7, 11) is -4.33. The first-order valence-electron chi connectivity index (χ1n) is 10.3. The molecule has 0 fully saturated rings. The second-order valence-electron chi connectivity index (χ2n) is 7.45. The van der Waals surface area contributed by atoms with Gasteiger partial charge in [-0.2, -0.15) is 8.42 Å². The number of fused-ring (bicyclic) bond motifs is 1. The average molecular weight is 480 g/mol. The summed E-state index contributed by atoms with van der Waals surface area (Å²) in [5.41, 5.74) is 0.983. The molecule has 0 aliphatic carbocycles. The highest BCUT2D eigenvalue weighted by molar-refractivity contribution is 7.88. The van der Waals surface area contributed by atoms with Gasteiger partial charge in [0.2, 0.25) is 0 Å². The molecular formula is C22H25NO7S2. The minimum Gasteiger partial charge on any atom is -0.481 e. The Balaban J connectivity index is 1.83. The summed E-state index contributed by atoms with van der Waals surface area (Å²) in [6, 6.07) is 9.97. The fraction of sp³-hybridized carbons (Fsp3) is 0.364. The zero-order valence-corrected chi connectivity index (χ0v) is 19.2. The Kier molecular flexibility index (Phi) is 7.70. The number of hydrogen-bond acceptors (Lipinski definition) is 7. The van der Waals surface area contributed by atoms with E-state index in [0.717, 1.165) is 49.4 Å². The molecule has 0 bridgehead atoms. The molecule has 32 heavy (non-hydrogen) atoms. The number of aliphatic carboxylic acids is 1. The van der Waals surface area contributed by atoms with Gasteiger partial charge in [-0.25, -0.2) is 4.79 Å². The minimum atomic E-state index is -4.33. The molecule has 0 amide bonds. The molecule has 0 aliphatic heterocycles. The standard InChI is InChI=1S/C22H25NO7S2/c1-2-11-23(12-5-3-4-6-20(24)25)16-8-7-15-13-17(22(26)30-18(15)14-16)19-9-10-21(31-19)32(27,28)29/h7-10,13-14H,2-6,11-12H2,1H3,(H,24,25)(H,27,28,29). The lowest BCUT2D eigenvalue weighted by atomic mass is 10.1. The molecule has 0 aliphatic rings. The lowest BCUT2D eigenvalue weighted by molar-refractivity contribution is -0.137. The molecule has 0 radical (unpaired) electrons. The number of rotatable bonds is 11. The van der Waals surface area contributed by atoms with E-state index in [1.807, 2.05) is 18.2 Å². The van der Waals surface area contributed by atoms with Crippen LogP contribution >= 0.6 is 11.3 Å². The van der Waals surface area contributed by atoms with E-state index in [0.29, 0.717) is 22.3 Å². The quantitative estimate of drug-likeness (QED) is 0.232. The van der Waals surface area contributed by atoms with Crippen LogP contribution in [0.15, 0.2) is 49.8 Å². The molecule has 0 unspecified atom stereocenters. The van der Waals surface area contributed by atoms with Gasteiger partial charge in [-0.1, -0.05) is 13.3 Å². The van der Waals surface area contributed by atoms with Crippen LogP contribution in [0.3, 0.4) is 0 Å². The molecule has 2 N–H and O–H groups in total. The number of unbranched alkanes of at least 4 members (excludes halogenated alkanes) is 2. The van der Waals surface area contributed by atoms with Gasteiger partial charge in [0.05, 0.1) is 5.56 Å². The number of carboxylic acids is 1. The largest absolute Gasteiger partial charge is 0.481 e. The van der Waals surface area contributed by atoms with Gasteiger partial charge in [0.1, 0.15) is 9.79 Å². The number of benzene rings is 1. The zero-order chi connectivity index (χ0) is 23.3. The van der Waals surface area contributed by atoms with Crippen LogP contribution in [0.1, 0.15) is 39.0 Å². The molecule has 0 atom stereocenters. The number of carboxylic acid groups (broad SMARTS) is 1. The molecular weight excluding hydrogens is 454 g/mol. The summed E-state index contributed by atoms with van der Waals surface area (Å²) in [5, 5.41) is 9.45. The van der Waals surface area contributed by atoms with Crippen molar-refractivity contribution in [1.29, 1.82) is 0 Å². The maximum atomic E-state index is 12.6. The molecule has 3 aromatic rings. The maximum absolute atomic E-state index is 12.6. The van der Waals surface area contributed by atoms with Crippen molar-refractivity contribution in [2.24, 2.45) is 0 Å². The Hall–Kier alpha value is -2.69. The Morgan fingerprint density at radius 1 is 1.09 bits per heavy atom. The fourth-order valence-corrected chi connectivity index (χ4v) is 5.14. The number of carbonyl (C=O) groups is 1. The van der Waals surface area contributed by atoms with Crippen LogP contribution in [0, 0.1) is 0 Å². The summed E-state index contributed by atoms with van der Waals surface area (Å²) in [6.07, 6.45) is 3.44. The van der Waals surface area contributed by atoms with E-state index >= 15 is 0 Å². The summed E-state index contributed by atoms with van der Waals surface area (Å²) < 4.78 is 37.1. The average Bonchev–Trinajstić information content (AvgIpc) is 3.22. The van der Waals surface area contributed by atoms with Crippen molar-refractivity contribution in [3.05, 3.63) is 46.8 Å². The highest BCUT2D eigenvalue weighted by Gasteiger charge is 2.17. The van der Waals surface area contributed by atoms with Crippen molar-refractivity contribution in [3.8, 4) is 10.4 Å². The van der Waals surface area contributed by atoms with E-state index < -0.39 is 21.7 Å². The number of anilines is 1. The molecule has 2 heterocycles. The zero-order valence-electron chi connectivity index (χ0n) is 17.6. The molecule has 0 saturated heterocycles. The Labute approximate surface area is 189 Å². The predicted octanol–water partition coefficient (Wildman–Crippen LogP) is 4.63. The van der Waals surface area contributed by atoms with Crippen LogP contribution in [-0.4, -0.2) is 37.1 Å². The first kappa shape index (κ1) is 24.0. The topological polar surface area (TPSA) is 125 Å². The maximum Gasteiger partial charge on any atom is 0.345 e. The fourth-order valence-electron chi connectivity index (χ4n) is 3.47. The van der Waals surface area contributed by atoms with Gasteiger partial charge in [-0.3, -0.25) is 9.35 Å². The molecule has 2 aromatic heterocycles. The normalized spacial score (nSPS) is 11.7. The van der Waals surface area contributed by atoms with Crippen molar-refractivity contribution in [3.63, 3.8) is 0 Å². The van der Waals surface area contributed by atoms with Gasteiger partial charge >= 0.3 is 21.7 Å². The Morgan fingerprint density at radius 2 is 1.88 bits per heavy atom. The van der Waals surface area contributed by atoms with Crippen molar-refractivity contribution in [2.45, 2.75) is 43.2 Å². The third-order valence-electron chi connectivity index (χ3n) is 5.00. The van der Waals surface area contributed by atoms with Crippen molar-refractivity contribution >= 4 is 44.1 Å². The van der Waals surface area contributed by atoms with Gasteiger partial charge in [-0.15, -0.1) is 11.3 Å². The SMILES string of the molecule is CCCN(CCCCCC(=O)O)c1ccc2cc(-c3ccc(S(=O)(=O)O)s3)c(=O)oc2c1. The molecule has 0 saturated carbocycles. The van der Waals surface area contributed by atoms with Gasteiger partial charge in [0, 0.05) is 41.5 Å². The van der Waals surface area contributed by atoms with Crippen molar-refractivity contribution in [2.75, 3.05) is 18.0 Å². The molecule has 172 valence electrons. The van der Waals surface area contributed by atoms with Gasteiger partial charge < -0.3 is 14.4 Å². The van der Waals surface area contributed by atoms with Crippen LogP contribution in [0.2, 0.25) is 0 Å². The molecule has 3 rings (SSSR count). The highest BCUT2D eigenvalue weighted by atomic mass is 32.3.